The number of hydrogen-bond donors (Lipinski definition) is 16. The van der Waals surface area contributed by atoms with Crippen molar-refractivity contribution >= 4 is 88.6 Å². The van der Waals surface area contributed by atoms with E-state index in [1.54, 1.807) is 33.8 Å². The van der Waals surface area contributed by atoms with Gasteiger partial charge in [-0.2, -0.15) is 0 Å². The van der Waals surface area contributed by atoms with Gasteiger partial charge in [0.25, 0.3) is 0 Å². The number of hydrogen-bond acceptors (Lipinski definition) is 17. The van der Waals surface area contributed by atoms with Crippen LogP contribution in [0.3, 0.4) is 0 Å². The van der Waals surface area contributed by atoms with Crippen LogP contribution in [0.2, 0.25) is 0 Å². The topological polar surface area (TPSA) is 496 Å². The molecule has 32 nitrogen and oxygen atoms in total. The molecular weight excluding hydrogens is 1320 g/mol. The van der Waals surface area contributed by atoms with Gasteiger partial charge >= 0.3 is 0 Å². The first-order valence-corrected chi connectivity index (χ1v) is 36.3. The number of carbonyl (C=O) groups excluding carboxylic acids is 15. The quantitative estimate of drug-likeness (QED) is 0.0350. The van der Waals surface area contributed by atoms with Crippen molar-refractivity contribution < 1.29 is 82.1 Å². The molecule has 578 valence electrons. The van der Waals surface area contributed by atoms with Crippen LogP contribution >= 0.6 is 0 Å². The molecule has 2 aliphatic heterocycles. The fourth-order valence-corrected chi connectivity index (χ4v) is 11.9. The second-order valence-electron chi connectivity index (χ2n) is 28.5. The van der Waals surface area contributed by atoms with E-state index >= 15 is 0 Å². The first kappa shape index (κ1) is 89.8. The summed E-state index contributed by atoms with van der Waals surface area (Å²) in [6, 6.07) is -13.2. The highest BCUT2D eigenvalue weighted by Crippen LogP contribution is 2.23. The Labute approximate surface area is 600 Å². The van der Waals surface area contributed by atoms with E-state index in [1.165, 1.54) is 25.7 Å². The van der Waals surface area contributed by atoms with Gasteiger partial charge in [0.15, 0.2) is 0 Å². The summed E-state index contributed by atoms with van der Waals surface area (Å²) in [5.41, 5.74) is 7.42. The van der Waals surface area contributed by atoms with E-state index in [9.17, 15) is 82.1 Å². The number of primary amides is 2. The number of amides is 15. The van der Waals surface area contributed by atoms with Crippen molar-refractivity contribution in [2.24, 2.45) is 35.1 Å². The summed E-state index contributed by atoms with van der Waals surface area (Å²) >= 11 is 0. The second-order valence-corrected chi connectivity index (χ2v) is 28.5. The van der Waals surface area contributed by atoms with Gasteiger partial charge in [-0.1, -0.05) is 120 Å². The minimum Gasteiger partial charge on any atom is -0.394 e. The lowest BCUT2D eigenvalue weighted by Crippen LogP contribution is -2.65. The van der Waals surface area contributed by atoms with Crippen LogP contribution in [-0.4, -0.2) is 202 Å². The summed E-state index contributed by atoms with van der Waals surface area (Å²) in [5.74, 6) is -13.6. The number of carbonyl (C=O) groups is 15. The lowest BCUT2D eigenvalue weighted by atomic mass is 9.90. The Morgan fingerprint density at radius 3 is 1.71 bits per heavy atom. The number of rotatable bonds is 36. The van der Waals surface area contributed by atoms with E-state index in [0.717, 1.165) is 6.42 Å². The normalized spacial score (nSPS) is 22.7. The molecule has 2 aliphatic rings. The Kier molecular flexibility index (Phi) is 39.6. The van der Waals surface area contributed by atoms with Gasteiger partial charge in [0, 0.05) is 19.9 Å². The number of unbranched alkanes of at least 4 members (excludes halogenated alkanes) is 2. The van der Waals surface area contributed by atoms with Gasteiger partial charge in [-0.3, -0.25) is 71.9 Å². The zero-order chi connectivity index (χ0) is 77.2. The monoisotopic (exact) mass is 1440 g/mol. The Bertz CT molecular complexity index is 2900. The second kappa shape index (κ2) is 44.9. The molecule has 0 aliphatic carbocycles. The van der Waals surface area contributed by atoms with Gasteiger partial charge < -0.3 is 90.4 Å². The van der Waals surface area contributed by atoms with Crippen LogP contribution < -0.4 is 75.3 Å². The van der Waals surface area contributed by atoms with E-state index < -0.39 is 199 Å². The van der Waals surface area contributed by atoms with Crippen molar-refractivity contribution in [3.8, 4) is 0 Å². The van der Waals surface area contributed by atoms with Crippen LogP contribution in [-0.2, 0) is 71.9 Å². The minimum atomic E-state index is -1.90. The molecule has 2 heterocycles. The maximum Gasteiger partial charge on any atom is 0.246 e. The number of nitrogens with zero attached hydrogens (tertiary/aromatic N) is 1. The number of aliphatic hydroxyl groups is 2. The molecule has 0 unspecified atom stereocenters. The molecule has 102 heavy (non-hydrogen) atoms. The van der Waals surface area contributed by atoms with Gasteiger partial charge in [0.2, 0.25) is 88.6 Å². The Hall–Kier alpha value is -8.29. The molecular formula is C70H121N15O17. The molecule has 0 radical (unpaired) electrons. The summed E-state index contributed by atoms with van der Waals surface area (Å²) in [6.07, 6.45) is 8.33. The van der Waals surface area contributed by atoms with Crippen molar-refractivity contribution in [3.63, 3.8) is 0 Å². The van der Waals surface area contributed by atoms with Crippen LogP contribution in [0.1, 0.15) is 218 Å². The van der Waals surface area contributed by atoms with Crippen LogP contribution in [0.15, 0.2) is 12.2 Å². The van der Waals surface area contributed by atoms with Crippen LogP contribution in [0.5, 0.6) is 0 Å². The maximum atomic E-state index is 14.8. The van der Waals surface area contributed by atoms with Gasteiger partial charge in [0.1, 0.15) is 71.5 Å². The van der Waals surface area contributed by atoms with Crippen molar-refractivity contribution in [1.82, 2.24) is 68.7 Å². The predicted octanol–water partition coefficient (Wildman–Crippen LogP) is -0.563. The molecule has 1 fully saturated rings. The number of nitrogens with two attached hydrogens (primary N) is 2. The average Bonchev–Trinajstić information content (AvgIpc) is 0.945. The predicted molar refractivity (Wildman–Crippen MR) is 379 cm³/mol. The molecule has 32 heteroatoms. The lowest BCUT2D eigenvalue weighted by Gasteiger charge is -2.35. The van der Waals surface area contributed by atoms with Crippen molar-refractivity contribution in [2.45, 2.75) is 290 Å². The van der Waals surface area contributed by atoms with Crippen LogP contribution in [0, 0.1) is 23.7 Å². The van der Waals surface area contributed by atoms with Gasteiger partial charge in [0.05, 0.1) is 19.8 Å². The third-order valence-corrected chi connectivity index (χ3v) is 18.6. The van der Waals surface area contributed by atoms with Crippen LogP contribution in [0.4, 0.5) is 0 Å². The van der Waals surface area contributed by atoms with E-state index in [-0.39, 0.29) is 69.1 Å². The zero-order valence-electron chi connectivity index (χ0n) is 62.3. The van der Waals surface area contributed by atoms with E-state index in [0.29, 0.717) is 64.3 Å². The highest BCUT2D eigenvalue weighted by Gasteiger charge is 2.43. The number of nitrogens with one attached hydrogen (secondary N) is 12. The average molecular weight is 1440 g/mol. The first-order chi connectivity index (χ1) is 48.0. The molecule has 0 spiro atoms. The van der Waals surface area contributed by atoms with Gasteiger partial charge in [-0.05, 0) is 121 Å². The maximum absolute atomic E-state index is 14.8. The Morgan fingerprint density at radius 2 is 1.17 bits per heavy atom. The summed E-state index contributed by atoms with van der Waals surface area (Å²) in [7, 11) is 0. The van der Waals surface area contributed by atoms with E-state index in [4.69, 9.17) is 11.5 Å². The number of likely N-dealkylation sites (tertiary alicyclic amines) is 1. The fraction of sp³-hybridized carbons (Fsp3) is 0.757. The molecule has 18 N–H and O–H groups in total. The molecule has 0 aromatic rings. The van der Waals surface area contributed by atoms with Crippen molar-refractivity contribution in [2.75, 3.05) is 26.3 Å². The summed E-state index contributed by atoms with van der Waals surface area (Å²) in [4.78, 5) is 208. The molecule has 0 bridgehead atoms. The van der Waals surface area contributed by atoms with Gasteiger partial charge in [-0.25, -0.2) is 0 Å². The van der Waals surface area contributed by atoms with Crippen LogP contribution in [0.25, 0.3) is 0 Å². The van der Waals surface area contributed by atoms with Crippen molar-refractivity contribution in [1.29, 1.82) is 0 Å². The fourth-order valence-electron chi connectivity index (χ4n) is 11.9. The van der Waals surface area contributed by atoms with E-state index in [1.807, 2.05) is 47.6 Å². The summed E-state index contributed by atoms with van der Waals surface area (Å²) in [6.45, 7) is 19.6. The smallest absolute Gasteiger partial charge is 0.246 e. The molecule has 0 saturated carbocycles. The Morgan fingerprint density at radius 1 is 0.627 bits per heavy atom. The van der Waals surface area contributed by atoms with E-state index in [2.05, 4.69) is 63.8 Å². The third-order valence-electron chi connectivity index (χ3n) is 18.6. The van der Waals surface area contributed by atoms with Gasteiger partial charge in [-0.15, -0.1) is 0 Å². The first-order valence-electron chi connectivity index (χ1n) is 36.3. The van der Waals surface area contributed by atoms with Crippen molar-refractivity contribution in [3.05, 3.63) is 12.2 Å². The number of aliphatic hydroxyl groups excluding tert-OH is 2. The third kappa shape index (κ3) is 30.0. The highest BCUT2D eigenvalue weighted by atomic mass is 16.3. The summed E-state index contributed by atoms with van der Waals surface area (Å²) in [5, 5.41) is 52.6. The molecule has 2 rings (SSSR count). The highest BCUT2D eigenvalue weighted by molar-refractivity contribution is 6.01. The lowest BCUT2D eigenvalue weighted by molar-refractivity contribution is -0.140. The SMILES string of the molecule is CCCC[C@H](NC(=O)[C@H](CC(C)C)NC(=O)[C@H](CCCC)NC(=O)[C@H](CO)NC(=O)[C@@H](NC(=O)CNC(=O)[C@]1(C)CCCC=CCCC[C@@](C)(NC(=O)[C@H](CC(C)C)NC(=O)[C@@H]2CCCN2C(C)=O)C(=O)N[C@@H]([C@@H](C)CC)C(=O)N[C@@H](CCC(N)=O)C(=O)N[C@@H](CO)C(=O)N1)[C@@H](C)CC)C(N)=O. The molecule has 14 atom stereocenters. The molecule has 1 saturated heterocycles. The molecule has 0 aromatic carbocycles. The largest absolute Gasteiger partial charge is 0.394 e. The Balaban J connectivity index is 2.52. The standard InChI is InChI=1S/C70H121N15O17/c1-14-18-27-45(57(72)91)74-60(94)48(35-40(5)6)77-58(92)46(28-19-15-2)75-61(95)50(38-86)80-65(99)55(42(9)16-3)81-54(90)37-73-67(101)69(12)32-24-22-20-21-23-25-33-70(13,83-62(96)49(36-41(7)8)78-64(98)52-29-26-34-85(52)44(11)88)68(102)82-56(43(10)17-4)66(100)76-47(30-31-53(71)89)59(93)79-51(39-87)63(97)84-69/h20-21,40-43,45-52,55-56,86-87H,14-19,22-39H2,1-13H3,(H2,71,89)(H2,72,91)(H,73,101)(H,74,94)(H,75,95)(H,76,100)(H,77,92)(H,78,98)(H,79,93)(H,80,99)(H,81,90)(H,82,102)(H,83,96)(H,84,97)/t42-,43-,45-,46-,47-,48-,49-,50-,51-,52-,55-,56-,69-,70+/m0/s1. The minimum absolute atomic E-state index is 0.00602. The molecule has 0 aromatic heterocycles. The summed E-state index contributed by atoms with van der Waals surface area (Å²) < 4.78 is 0. The number of allylic oxidation sites excluding steroid dienone is 2. The zero-order valence-corrected chi connectivity index (χ0v) is 62.3. The molecule has 15 amide bonds.